The van der Waals surface area contributed by atoms with E-state index < -0.39 is 11.6 Å². The Balaban J connectivity index is 2.22. The molecule has 2 rings (SSSR count). The fourth-order valence-corrected chi connectivity index (χ4v) is 2.66. The van der Waals surface area contributed by atoms with Crippen molar-refractivity contribution < 1.29 is 14.2 Å². The highest BCUT2D eigenvalue weighted by Gasteiger charge is 2.50. The van der Waals surface area contributed by atoms with Gasteiger partial charge in [-0.05, 0) is 27.7 Å². The van der Waals surface area contributed by atoms with E-state index in [9.17, 15) is 0 Å². The summed E-state index contributed by atoms with van der Waals surface area (Å²) >= 11 is 0. The summed E-state index contributed by atoms with van der Waals surface area (Å²) in [6.45, 7) is 8.14. The maximum atomic E-state index is 5.79. The third-order valence-corrected chi connectivity index (χ3v) is 2.65. The summed E-state index contributed by atoms with van der Waals surface area (Å²) in [4.78, 5) is 0. The number of ether oxygens (including phenoxy) is 3. The third kappa shape index (κ3) is 1.73. The van der Waals surface area contributed by atoms with Gasteiger partial charge in [-0.1, -0.05) is 0 Å². The Morgan fingerprint density at radius 3 is 1.69 bits per heavy atom. The molecule has 0 spiro atoms. The summed E-state index contributed by atoms with van der Waals surface area (Å²) in [6.07, 6.45) is 2.06. The lowest BCUT2D eigenvalue weighted by atomic mass is 10.0. The molecule has 3 nitrogen and oxygen atoms in total. The van der Waals surface area contributed by atoms with Crippen molar-refractivity contribution >= 4 is 0 Å². The number of hydrogen-bond acceptors (Lipinski definition) is 3. The van der Waals surface area contributed by atoms with E-state index in [2.05, 4.69) is 13.8 Å². The van der Waals surface area contributed by atoms with Gasteiger partial charge in [0.15, 0.2) is 11.6 Å². The van der Waals surface area contributed by atoms with E-state index in [1.807, 2.05) is 13.8 Å². The van der Waals surface area contributed by atoms with Gasteiger partial charge in [0.1, 0.15) is 0 Å². The van der Waals surface area contributed by atoms with Crippen LogP contribution in [0.25, 0.3) is 0 Å². The molecule has 2 bridgehead atoms. The molecule has 4 unspecified atom stereocenters. The Morgan fingerprint density at radius 1 is 0.923 bits per heavy atom. The molecule has 0 aromatic heterocycles. The fourth-order valence-electron chi connectivity index (χ4n) is 2.66. The van der Waals surface area contributed by atoms with Gasteiger partial charge in [0, 0.05) is 12.8 Å². The largest absolute Gasteiger partial charge is 0.347 e. The van der Waals surface area contributed by atoms with Crippen LogP contribution in [0, 0.1) is 0 Å². The van der Waals surface area contributed by atoms with Gasteiger partial charge < -0.3 is 14.2 Å². The number of fused-ring (bicyclic) bond motifs is 2. The monoisotopic (exact) mass is 186 g/mol. The predicted octanol–water partition coefficient (Wildman–Crippen LogP) is 2.05. The zero-order valence-electron chi connectivity index (χ0n) is 8.79. The molecule has 0 aromatic carbocycles. The van der Waals surface area contributed by atoms with Gasteiger partial charge in [0.05, 0.1) is 12.2 Å². The van der Waals surface area contributed by atoms with E-state index in [0.29, 0.717) is 0 Å². The van der Waals surface area contributed by atoms with Gasteiger partial charge >= 0.3 is 0 Å². The third-order valence-electron chi connectivity index (χ3n) is 2.65. The van der Waals surface area contributed by atoms with Gasteiger partial charge in [-0.15, -0.1) is 0 Å². The van der Waals surface area contributed by atoms with Crippen molar-refractivity contribution in [2.75, 3.05) is 0 Å². The second kappa shape index (κ2) is 2.69. The van der Waals surface area contributed by atoms with Crippen LogP contribution in [-0.4, -0.2) is 23.8 Å². The van der Waals surface area contributed by atoms with Crippen molar-refractivity contribution in [3.63, 3.8) is 0 Å². The Hall–Kier alpha value is -0.120. The molecule has 3 heteroatoms. The molecule has 0 saturated carbocycles. The lowest BCUT2D eigenvalue weighted by molar-refractivity contribution is -0.442. The molecule has 13 heavy (non-hydrogen) atoms. The molecule has 4 atom stereocenters. The van der Waals surface area contributed by atoms with Crippen molar-refractivity contribution in [3.05, 3.63) is 0 Å². The van der Waals surface area contributed by atoms with Crippen LogP contribution in [0.1, 0.15) is 40.5 Å². The molecule has 76 valence electrons. The van der Waals surface area contributed by atoms with Crippen molar-refractivity contribution in [1.29, 1.82) is 0 Å². The molecule has 2 saturated heterocycles. The van der Waals surface area contributed by atoms with E-state index >= 15 is 0 Å². The first-order valence-electron chi connectivity index (χ1n) is 4.97. The van der Waals surface area contributed by atoms with Crippen molar-refractivity contribution in [2.24, 2.45) is 0 Å². The number of hydrogen-bond donors (Lipinski definition) is 0. The fraction of sp³-hybridized carbons (Fsp3) is 1.00. The summed E-state index contributed by atoms with van der Waals surface area (Å²) in [5.74, 6) is -0.881. The minimum atomic E-state index is -0.440. The van der Waals surface area contributed by atoms with Crippen molar-refractivity contribution in [3.8, 4) is 0 Å². The second-order valence-corrected chi connectivity index (χ2v) is 4.63. The first kappa shape index (κ1) is 9.44. The van der Waals surface area contributed by atoms with Gasteiger partial charge in [0.25, 0.3) is 0 Å². The van der Waals surface area contributed by atoms with E-state index in [-0.39, 0.29) is 12.2 Å². The van der Waals surface area contributed by atoms with Gasteiger partial charge in [-0.2, -0.15) is 0 Å². The van der Waals surface area contributed by atoms with Crippen molar-refractivity contribution in [2.45, 2.75) is 64.3 Å². The Kier molecular flexibility index (Phi) is 1.95. The molecule has 0 aliphatic carbocycles. The molecule has 2 fully saturated rings. The zero-order valence-corrected chi connectivity index (χ0v) is 8.79. The minimum Gasteiger partial charge on any atom is -0.347 e. The molecule has 2 aliphatic heterocycles. The standard InChI is InChI=1S/C10H18O3/c1-7-5-9(3)12-8(2)6-10(4,11-7)13-9/h7-8H,5-6H2,1-4H3. The lowest BCUT2D eigenvalue weighted by Gasteiger charge is -2.52. The highest BCUT2D eigenvalue weighted by molar-refractivity contribution is 4.86. The average Bonchev–Trinajstić information content (AvgIpc) is 1.75. The Morgan fingerprint density at radius 2 is 1.31 bits per heavy atom. The van der Waals surface area contributed by atoms with E-state index in [0.717, 1.165) is 12.8 Å². The Bertz CT molecular complexity index is 180. The Labute approximate surface area is 79.4 Å². The summed E-state index contributed by atoms with van der Waals surface area (Å²) in [5.41, 5.74) is 0. The molecular weight excluding hydrogens is 168 g/mol. The van der Waals surface area contributed by atoms with Crippen LogP contribution >= 0.6 is 0 Å². The topological polar surface area (TPSA) is 27.7 Å². The molecule has 0 radical (unpaired) electrons. The minimum absolute atomic E-state index is 0.219. The molecule has 0 amide bonds. The summed E-state index contributed by atoms with van der Waals surface area (Å²) in [7, 11) is 0. The van der Waals surface area contributed by atoms with Crippen LogP contribution in [0.3, 0.4) is 0 Å². The van der Waals surface area contributed by atoms with E-state index in [1.165, 1.54) is 0 Å². The maximum Gasteiger partial charge on any atom is 0.171 e. The normalized spacial score (nSPS) is 56.3. The molecule has 2 aliphatic rings. The van der Waals surface area contributed by atoms with Gasteiger partial charge in [-0.3, -0.25) is 0 Å². The van der Waals surface area contributed by atoms with Crippen LogP contribution in [-0.2, 0) is 14.2 Å². The van der Waals surface area contributed by atoms with E-state index in [1.54, 1.807) is 0 Å². The quantitative estimate of drug-likeness (QED) is 0.579. The predicted molar refractivity (Wildman–Crippen MR) is 48.2 cm³/mol. The second-order valence-electron chi connectivity index (χ2n) is 4.63. The highest BCUT2D eigenvalue weighted by Crippen LogP contribution is 2.42. The SMILES string of the molecule is CC1CC2(C)OC(C)CC(C)(O1)O2. The average molecular weight is 186 g/mol. The molecule has 2 heterocycles. The lowest BCUT2D eigenvalue weighted by Crippen LogP contribution is -2.59. The van der Waals surface area contributed by atoms with Crippen LogP contribution < -0.4 is 0 Å². The summed E-state index contributed by atoms with van der Waals surface area (Å²) in [5, 5.41) is 0. The summed E-state index contributed by atoms with van der Waals surface area (Å²) in [6, 6.07) is 0. The first-order valence-corrected chi connectivity index (χ1v) is 4.97. The summed E-state index contributed by atoms with van der Waals surface area (Å²) < 4.78 is 17.3. The zero-order chi connectivity index (χ0) is 9.69. The smallest absolute Gasteiger partial charge is 0.171 e. The molecular formula is C10H18O3. The highest BCUT2D eigenvalue weighted by atomic mass is 16.8. The maximum absolute atomic E-state index is 5.79. The molecule has 0 N–H and O–H groups in total. The van der Waals surface area contributed by atoms with Gasteiger partial charge in [0.2, 0.25) is 0 Å². The van der Waals surface area contributed by atoms with Crippen molar-refractivity contribution in [1.82, 2.24) is 0 Å². The number of rotatable bonds is 0. The first-order chi connectivity index (χ1) is 5.91. The molecule has 0 aromatic rings. The van der Waals surface area contributed by atoms with Crippen LogP contribution in [0.5, 0.6) is 0 Å². The van der Waals surface area contributed by atoms with Crippen LogP contribution in [0.2, 0.25) is 0 Å². The van der Waals surface area contributed by atoms with Crippen LogP contribution in [0.15, 0.2) is 0 Å². The van der Waals surface area contributed by atoms with Gasteiger partial charge in [-0.25, -0.2) is 0 Å². The van der Waals surface area contributed by atoms with Crippen LogP contribution in [0.4, 0.5) is 0 Å². The van der Waals surface area contributed by atoms with E-state index in [4.69, 9.17) is 14.2 Å².